The summed E-state index contributed by atoms with van der Waals surface area (Å²) >= 11 is 0. The van der Waals surface area contributed by atoms with Gasteiger partial charge in [-0.1, -0.05) is 0 Å². The molecule has 0 saturated heterocycles. The minimum atomic E-state index is -0.476. The predicted molar refractivity (Wildman–Crippen MR) is 103 cm³/mol. The van der Waals surface area contributed by atoms with Gasteiger partial charge in [-0.05, 0) is 54.6 Å². The van der Waals surface area contributed by atoms with E-state index in [-0.39, 0.29) is 11.5 Å². The Hall–Kier alpha value is -3.81. The minimum absolute atomic E-state index is 0.119. The molecule has 0 unspecified atom stereocenters. The van der Waals surface area contributed by atoms with Crippen molar-refractivity contribution in [2.75, 3.05) is 24.9 Å². The molecule has 2 N–H and O–H groups in total. The molecule has 0 aliphatic carbocycles. The van der Waals surface area contributed by atoms with E-state index in [0.717, 1.165) is 11.4 Å². The van der Waals surface area contributed by atoms with Crippen LogP contribution < -0.4 is 20.1 Å². The molecular formula is C19H18N4O4. The van der Waals surface area contributed by atoms with Crippen LogP contribution in [0.1, 0.15) is 0 Å². The zero-order chi connectivity index (χ0) is 19.2. The van der Waals surface area contributed by atoms with Crippen LogP contribution in [-0.2, 0) is 0 Å². The normalized spacial score (nSPS) is 10.1. The number of nitrogens with zero attached hydrogens (tertiary/aromatic N) is 2. The number of hydrogen-bond acceptors (Lipinski definition) is 7. The van der Waals surface area contributed by atoms with Crippen LogP contribution in [0.2, 0.25) is 0 Å². The third-order valence-corrected chi connectivity index (χ3v) is 3.79. The van der Waals surface area contributed by atoms with Crippen LogP contribution in [0.3, 0.4) is 0 Å². The first-order chi connectivity index (χ1) is 13.1. The van der Waals surface area contributed by atoms with Gasteiger partial charge in [0.1, 0.15) is 17.3 Å². The quantitative estimate of drug-likeness (QED) is 0.469. The van der Waals surface area contributed by atoms with E-state index in [1.165, 1.54) is 6.07 Å². The number of methoxy groups -OCH3 is 2. The third kappa shape index (κ3) is 4.43. The highest BCUT2D eigenvalue weighted by Crippen LogP contribution is 2.29. The molecule has 27 heavy (non-hydrogen) atoms. The Morgan fingerprint density at radius 1 is 0.815 bits per heavy atom. The van der Waals surface area contributed by atoms with Gasteiger partial charge in [0.25, 0.3) is 0 Å². The highest BCUT2D eigenvalue weighted by Gasteiger charge is 2.16. The molecule has 2 aromatic carbocycles. The zero-order valence-electron chi connectivity index (χ0n) is 14.8. The Morgan fingerprint density at radius 2 is 1.33 bits per heavy atom. The fourth-order valence-corrected chi connectivity index (χ4v) is 2.39. The highest BCUT2D eigenvalue weighted by atomic mass is 16.6. The number of hydrogen-bond donors (Lipinski definition) is 2. The van der Waals surface area contributed by atoms with Crippen LogP contribution in [0.5, 0.6) is 11.5 Å². The van der Waals surface area contributed by atoms with Crippen molar-refractivity contribution in [3.63, 3.8) is 0 Å². The van der Waals surface area contributed by atoms with Crippen LogP contribution in [0.4, 0.5) is 28.7 Å². The lowest BCUT2D eigenvalue weighted by atomic mass is 10.3. The van der Waals surface area contributed by atoms with E-state index in [1.807, 2.05) is 24.3 Å². The van der Waals surface area contributed by atoms with Gasteiger partial charge < -0.3 is 20.1 Å². The molecule has 3 aromatic rings. The van der Waals surface area contributed by atoms with Crippen molar-refractivity contribution < 1.29 is 14.4 Å². The molecule has 3 rings (SSSR count). The lowest BCUT2D eigenvalue weighted by molar-refractivity contribution is -0.384. The summed E-state index contributed by atoms with van der Waals surface area (Å²) in [5, 5.41) is 17.4. The molecule has 0 amide bonds. The van der Waals surface area contributed by atoms with Gasteiger partial charge in [0.15, 0.2) is 0 Å². The summed E-state index contributed by atoms with van der Waals surface area (Å²) in [7, 11) is 3.17. The molecule has 0 atom stereocenters. The number of rotatable bonds is 7. The number of aromatic nitrogens is 1. The van der Waals surface area contributed by atoms with Gasteiger partial charge in [0, 0.05) is 17.4 Å². The van der Waals surface area contributed by atoms with Gasteiger partial charge in [0.05, 0.1) is 19.1 Å². The number of nitro groups is 1. The Balaban J connectivity index is 1.85. The number of ether oxygens (including phenoxy) is 2. The number of benzene rings is 2. The summed E-state index contributed by atoms with van der Waals surface area (Å²) in [6, 6.07) is 17.3. The molecule has 0 fully saturated rings. The van der Waals surface area contributed by atoms with E-state index in [2.05, 4.69) is 15.6 Å². The summed E-state index contributed by atoms with van der Waals surface area (Å²) in [5.74, 6) is 2.04. The average Bonchev–Trinajstić information content (AvgIpc) is 2.69. The van der Waals surface area contributed by atoms with Crippen molar-refractivity contribution in [3.8, 4) is 11.5 Å². The molecule has 0 saturated carbocycles. The van der Waals surface area contributed by atoms with Crippen molar-refractivity contribution in [2.45, 2.75) is 0 Å². The Kier molecular flexibility index (Phi) is 5.36. The van der Waals surface area contributed by atoms with E-state index in [9.17, 15) is 10.1 Å². The molecule has 8 nitrogen and oxygen atoms in total. The maximum absolute atomic E-state index is 11.3. The van der Waals surface area contributed by atoms with Crippen LogP contribution in [0.25, 0.3) is 0 Å². The zero-order valence-corrected chi connectivity index (χ0v) is 14.8. The summed E-state index contributed by atoms with van der Waals surface area (Å²) in [6.07, 6.45) is 0. The molecule has 8 heteroatoms. The molecule has 1 heterocycles. The second kappa shape index (κ2) is 8.05. The highest BCUT2D eigenvalue weighted by molar-refractivity contribution is 5.69. The SMILES string of the molecule is COc1ccc(Nc2ccc([N+](=O)[O-])c(Nc3ccc(OC)cc3)n2)cc1. The second-order valence-electron chi connectivity index (χ2n) is 5.53. The van der Waals surface area contributed by atoms with Gasteiger partial charge in [-0.3, -0.25) is 10.1 Å². The van der Waals surface area contributed by atoms with Gasteiger partial charge in [-0.15, -0.1) is 0 Å². The summed E-state index contributed by atoms with van der Waals surface area (Å²) < 4.78 is 10.2. The smallest absolute Gasteiger partial charge is 0.311 e. The van der Waals surface area contributed by atoms with Gasteiger partial charge in [0.2, 0.25) is 5.82 Å². The van der Waals surface area contributed by atoms with Crippen molar-refractivity contribution in [1.29, 1.82) is 0 Å². The van der Waals surface area contributed by atoms with Crippen LogP contribution in [-0.4, -0.2) is 24.1 Å². The summed E-state index contributed by atoms with van der Waals surface area (Å²) in [4.78, 5) is 15.2. The largest absolute Gasteiger partial charge is 0.497 e. The molecule has 138 valence electrons. The molecular weight excluding hydrogens is 348 g/mol. The second-order valence-corrected chi connectivity index (χ2v) is 5.53. The standard InChI is InChI=1S/C19H18N4O4/c1-26-15-7-3-13(4-8-15)20-18-12-11-17(23(24)25)19(22-18)21-14-5-9-16(27-2)10-6-14/h3-12H,1-2H3,(H2,20,21,22). The fourth-order valence-electron chi connectivity index (χ4n) is 2.39. The van der Waals surface area contributed by atoms with Crippen molar-refractivity contribution in [2.24, 2.45) is 0 Å². The van der Waals surface area contributed by atoms with Crippen molar-refractivity contribution in [1.82, 2.24) is 4.98 Å². The molecule has 0 bridgehead atoms. The van der Waals surface area contributed by atoms with E-state index >= 15 is 0 Å². The molecule has 1 aromatic heterocycles. The summed E-state index contributed by atoms with van der Waals surface area (Å²) in [6.45, 7) is 0. The van der Waals surface area contributed by atoms with Gasteiger partial charge in [-0.25, -0.2) is 4.98 Å². The van der Waals surface area contributed by atoms with Gasteiger partial charge in [-0.2, -0.15) is 0 Å². The van der Waals surface area contributed by atoms with E-state index < -0.39 is 4.92 Å². The first-order valence-corrected chi connectivity index (χ1v) is 8.06. The van der Waals surface area contributed by atoms with Crippen LogP contribution in [0.15, 0.2) is 60.7 Å². The third-order valence-electron chi connectivity index (χ3n) is 3.79. The lowest BCUT2D eigenvalue weighted by Gasteiger charge is -2.11. The molecule has 0 aliphatic heterocycles. The van der Waals surface area contributed by atoms with E-state index in [1.54, 1.807) is 44.6 Å². The molecule has 0 radical (unpaired) electrons. The van der Waals surface area contributed by atoms with Crippen LogP contribution >= 0.6 is 0 Å². The number of anilines is 4. The summed E-state index contributed by atoms with van der Waals surface area (Å²) in [5.41, 5.74) is 1.33. The molecule has 0 aliphatic rings. The van der Waals surface area contributed by atoms with Gasteiger partial charge >= 0.3 is 5.69 Å². The average molecular weight is 366 g/mol. The van der Waals surface area contributed by atoms with Crippen molar-refractivity contribution in [3.05, 3.63) is 70.8 Å². The Bertz CT molecular complexity index is 927. The van der Waals surface area contributed by atoms with E-state index in [4.69, 9.17) is 9.47 Å². The fraction of sp³-hybridized carbons (Fsp3) is 0.105. The number of nitrogens with one attached hydrogen (secondary N) is 2. The first-order valence-electron chi connectivity index (χ1n) is 8.06. The Morgan fingerprint density at radius 3 is 1.81 bits per heavy atom. The molecule has 0 spiro atoms. The topological polar surface area (TPSA) is 98.5 Å². The van der Waals surface area contributed by atoms with Crippen molar-refractivity contribution >= 4 is 28.7 Å². The first kappa shape index (κ1) is 18.0. The lowest BCUT2D eigenvalue weighted by Crippen LogP contribution is -2.02. The predicted octanol–water partition coefficient (Wildman–Crippen LogP) is 4.49. The Labute approximate surface area is 155 Å². The monoisotopic (exact) mass is 366 g/mol. The van der Waals surface area contributed by atoms with Crippen LogP contribution in [0, 0.1) is 10.1 Å². The number of pyridine rings is 1. The maximum Gasteiger partial charge on any atom is 0.311 e. The van der Waals surface area contributed by atoms with E-state index in [0.29, 0.717) is 17.3 Å². The maximum atomic E-state index is 11.3. The minimum Gasteiger partial charge on any atom is -0.497 e.